The van der Waals surface area contributed by atoms with Crippen molar-refractivity contribution in [1.82, 2.24) is 4.90 Å². The van der Waals surface area contributed by atoms with E-state index in [0.717, 1.165) is 19.5 Å². The molecule has 1 unspecified atom stereocenters. The number of hydrogen-bond donors (Lipinski definition) is 0. The first-order valence-corrected chi connectivity index (χ1v) is 5.08. The third-order valence-corrected chi connectivity index (χ3v) is 2.13. The third-order valence-electron chi connectivity index (χ3n) is 2.13. The molecular formula is C10H21NO2. The lowest BCUT2D eigenvalue weighted by molar-refractivity contribution is -0.130. The summed E-state index contributed by atoms with van der Waals surface area (Å²) in [6.45, 7) is 7.54. The van der Waals surface area contributed by atoms with E-state index in [1.807, 2.05) is 25.7 Å². The summed E-state index contributed by atoms with van der Waals surface area (Å²) >= 11 is 0. The lowest BCUT2D eigenvalue weighted by atomic mass is 10.3. The maximum Gasteiger partial charge on any atom is 0.222 e. The number of rotatable bonds is 2. The Bertz CT molecular complexity index is 148. The average Bonchev–Trinajstić information content (AvgIpc) is 2.68. The zero-order valence-corrected chi connectivity index (χ0v) is 9.17. The van der Waals surface area contributed by atoms with Crippen molar-refractivity contribution >= 4 is 5.91 Å². The minimum atomic E-state index is 0.240. The highest BCUT2D eigenvalue weighted by Gasteiger charge is 2.24. The van der Waals surface area contributed by atoms with Gasteiger partial charge < -0.3 is 9.64 Å². The van der Waals surface area contributed by atoms with Crippen molar-refractivity contribution in [2.24, 2.45) is 0 Å². The van der Waals surface area contributed by atoms with Crippen LogP contribution in [0.4, 0.5) is 0 Å². The number of nitrogens with zero attached hydrogens (tertiary/aromatic N) is 1. The molecule has 78 valence electrons. The summed E-state index contributed by atoms with van der Waals surface area (Å²) in [5.74, 6) is 0.240. The van der Waals surface area contributed by atoms with Crippen LogP contribution in [-0.4, -0.2) is 37.1 Å². The molecule has 1 atom stereocenters. The Morgan fingerprint density at radius 3 is 2.54 bits per heavy atom. The molecule has 0 aliphatic carbocycles. The van der Waals surface area contributed by atoms with Gasteiger partial charge in [-0.25, -0.2) is 0 Å². The summed E-state index contributed by atoms with van der Waals surface area (Å²) < 4.78 is 5.14. The highest BCUT2D eigenvalue weighted by molar-refractivity contribution is 5.76. The normalized spacial score (nSPS) is 20.9. The fourth-order valence-corrected chi connectivity index (χ4v) is 1.37. The van der Waals surface area contributed by atoms with Gasteiger partial charge in [-0.1, -0.05) is 20.8 Å². The van der Waals surface area contributed by atoms with E-state index in [-0.39, 0.29) is 12.0 Å². The molecule has 1 amide bonds. The van der Waals surface area contributed by atoms with Gasteiger partial charge in [0.25, 0.3) is 0 Å². The van der Waals surface area contributed by atoms with Crippen LogP contribution < -0.4 is 0 Å². The van der Waals surface area contributed by atoms with E-state index in [0.29, 0.717) is 6.42 Å². The van der Waals surface area contributed by atoms with Gasteiger partial charge in [-0.15, -0.1) is 0 Å². The standard InChI is InChI=1S/C8H15NO2.C2H6/c1-3-8(10)9-5-4-7(6-9)11-2;1-2/h7H,3-6H2,1-2H3;1-2H3. The smallest absolute Gasteiger partial charge is 0.222 e. The van der Waals surface area contributed by atoms with Crippen LogP contribution in [0.5, 0.6) is 0 Å². The van der Waals surface area contributed by atoms with Crippen molar-refractivity contribution in [3.8, 4) is 0 Å². The minimum absolute atomic E-state index is 0.240. The second-order valence-corrected chi connectivity index (χ2v) is 2.84. The van der Waals surface area contributed by atoms with Crippen molar-refractivity contribution in [3.63, 3.8) is 0 Å². The van der Waals surface area contributed by atoms with Crippen molar-refractivity contribution in [3.05, 3.63) is 0 Å². The van der Waals surface area contributed by atoms with Gasteiger partial charge in [0.1, 0.15) is 0 Å². The Kier molecular flexibility index (Phi) is 6.59. The molecule has 0 spiro atoms. The molecule has 3 heteroatoms. The maximum atomic E-state index is 11.1. The predicted octanol–water partition coefficient (Wildman–Crippen LogP) is 1.67. The van der Waals surface area contributed by atoms with Crippen LogP contribution in [0.15, 0.2) is 0 Å². The fourth-order valence-electron chi connectivity index (χ4n) is 1.37. The van der Waals surface area contributed by atoms with Gasteiger partial charge in [-0.05, 0) is 6.42 Å². The van der Waals surface area contributed by atoms with Gasteiger partial charge in [0, 0.05) is 26.6 Å². The van der Waals surface area contributed by atoms with Crippen LogP contribution in [0, 0.1) is 0 Å². The summed E-state index contributed by atoms with van der Waals surface area (Å²) in [5, 5.41) is 0. The first-order valence-electron chi connectivity index (χ1n) is 5.08. The zero-order valence-electron chi connectivity index (χ0n) is 9.17. The molecule has 1 aliphatic rings. The van der Waals surface area contributed by atoms with Crippen LogP contribution in [0.1, 0.15) is 33.6 Å². The van der Waals surface area contributed by atoms with Crippen LogP contribution >= 0.6 is 0 Å². The molecule has 0 aromatic carbocycles. The first kappa shape index (κ1) is 12.4. The molecule has 0 N–H and O–H groups in total. The van der Waals surface area contributed by atoms with E-state index in [1.54, 1.807) is 7.11 Å². The topological polar surface area (TPSA) is 29.5 Å². The van der Waals surface area contributed by atoms with Gasteiger partial charge in [0.2, 0.25) is 5.91 Å². The van der Waals surface area contributed by atoms with Crippen LogP contribution in [0.3, 0.4) is 0 Å². The lowest BCUT2D eigenvalue weighted by Crippen LogP contribution is -2.29. The molecule has 0 aromatic heterocycles. The average molecular weight is 187 g/mol. The second-order valence-electron chi connectivity index (χ2n) is 2.84. The Hall–Kier alpha value is -0.570. The molecule has 0 bridgehead atoms. The summed E-state index contributed by atoms with van der Waals surface area (Å²) in [6, 6.07) is 0. The second kappa shape index (κ2) is 6.89. The number of methoxy groups -OCH3 is 1. The van der Waals surface area contributed by atoms with Gasteiger partial charge in [0.05, 0.1) is 6.10 Å². The molecule has 1 aliphatic heterocycles. The van der Waals surface area contributed by atoms with Crippen molar-refractivity contribution in [2.75, 3.05) is 20.2 Å². The quantitative estimate of drug-likeness (QED) is 0.658. The monoisotopic (exact) mass is 187 g/mol. The van der Waals surface area contributed by atoms with E-state index in [1.165, 1.54) is 0 Å². The van der Waals surface area contributed by atoms with Crippen molar-refractivity contribution < 1.29 is 9.53 Å². The summed E-state index contributed by atoms with van der Waals surface area (Å²) in [6.07, 6.45) is 1.86. The van der Waals surface area contributed by atoms with E-state index in [2.05, 4.69) is 0 Å². The third kappa shape index (κ3) is 3.77. The molecule has 1 heterocycles. The highest BCUT2D eigenvalue weighted by atomic mass is 16.5. The van der Waals surface area contributed by atoms with Gasteiger partial charge in [0.15, 0.2) is 0 Å². The van der Waals surface area contributed by atoms with E-state index in [4.69, 9.17) is 4.74 Å². The van der Waals surface area contributed by atoms with E-state index < -0.39 is 0 Å². The fraction of sp³-hybridized carbons (Fsp3) is 0.900. The molecule has 0 radical (unpaired) electrons. The predicted molar refractivity (Wildman–Crippen MR) is 53.6 cm³/mol. The first-order chi connectivity index (χ1) is 6.27. The molecule has 1 saturated heterocycles. The number of carbonyl (C=O) groups excluding carboxylic acids is 1. The summed E-state index contributed by atoms with van der Waals surface area (Å²) in [4.78, 5) is 13.0. The molecular weight excluding hydrogens is 166 g/mol. The summed E-state index contributed by atoms with van der Waals surface area (Å²) in [7, 11) is 1.70. The van der Waals surface area contributed by atoms with Gasteiger partial charge in [-0.3, -0.25) is 4.79 Å². The van der Waals surface area contributed by atoms with Crippen molar-refractivity contribution in [2.45, 2.75) is 39.7 Å². The lowest BCUT2D eigenvalue weighted by Gasteiger charge is -2.14. The SMILES string of the molecule is CC.CCC(=O)N1CCC(OC)C1. The molecule has 0 aromatic rings. The van der Waals surface area contributed by atoms with E-state index >= 15 is 0 Å². The molecule has 1 rings (SSSR count). The maximum absolute atomic E-state index is 11.1. The number of carbonyl (C=O) groups is 1. The van der Waals surface area contributed by atoms with Gasteiger partial charge in [-0.2, -0.15) is 0 Å². The Labute approximate surface area is 81.1 Å². The van der Waals surface area contributed by atoms with E-state index in [9.17, 15) is 4.79 Å². The molecule has 13 heavy (non-hydrogen) atoms. The molecule has 3 nitrogen and oxygen atoms in total. The van der Waals surface area contributed by atoms with Gasteiger partial charge >= 0.3 is 0 Å². The van der Waals surface area contributed by atoms with Crippen LogP contribution in [-0.2, 0) is 9.53 Å². The van der Waals surface area contributed by atoms with Crippen molar-refractivity contribution in [1.29, 1.82) is 0 Å². The summed E-state index contributed by atoms with van der Waals surface area (Å²) in [5.41, 5.74) is 0. The Morgan fingerprint density at radius 1 is 1.54 bits per heavy atom. The molecule has 1 fully saturated rings. The van der Waals surface area contributed by atoms with Crippen LogP contribution in [0.2, 0.25) is 0 Å². The minimum Gasteiger partial charge on any atom is -0.380 e. The zero-order chi connectivity index (χ0) is 10.3. The Balaban J connectivity index is 0.000000671. The number of likely N-dealkylation sites (tertiary alicyclic amines) is 1. The largest absolute Gasteiger partial charge is 0.380 e. The molecule has 0 saturated carbocycles. The number of hydrogen-bond acceptors (Lipinski definition) is 2. The van der Waals surface area contributed by atoms with Crippen LogP contribution in [0.25, 0.3) is 0 Å². The number of amides is 1. The Morgan fingerprint density at radius 2 is 2.15 bits per heavy atom. The number of ether oxygens (including phenoxy) is 1. The highest BCUT2D eigenvalue weighted by Crippen LogP contribution is 2.12.